The van der Waals surface area contributed by atoms with Crippen molar-refractivity contribution in [3.8, 4) is 5.75 Å². The van der Waals surface area contributed by atoms with Gasteiger partial charge in [-0.25, -0.2) is 0 Å². The number of halogens is 1. The molecule has 0 saturated carbocycles. The first-order valence-electron chi connectivity index (χ1n) is 5.97. The molecule has 1 aliphatic heterocycles. The van der Waals surface area contributed by atoms with Crippen LogP contribution in [0.15, 0.2) is 22.7 Å². The molecule has 2 rings (SSSR count). The van der Waals surface area contributed by atoms with Gasteiger partial charge >= 0.3 is 0 Å². The van der Waals surface area contributed by atoms with Gasteiger partial charge in [-0.15, -0.1) is 0 Å². The van der Waals surface area contributed by atoms with Crippen LogP contribution in [0.3, 0.4) is 0 Å². The third-order valence-corrected chi connectivity index (χ3v) is 3.60. The molecule has 5 nitrogen and oxygen atoms in total. The molecule has 18 heavy (non-hydrogen) atoms. The molecule has 1 N–H and O–H groups in total. The normalized spacial score (nSPS) is 19.5. The molecular formula is C12H15BrN2O3. The van der Waals surface area contributed by atoms with Crippen LogP contribution in [0, 0.1) is 10.1 Å². The van der Waals surface area contributed by atoms with Crippen molar-refractivity contribution in [3.63, 3.8) is 0 Å². The number of ether oxygens (including phenoxy) is 1. The Balaban J connectivity index is 1.94. The zero-order valence-electron chi connectivity index (χ0n) is 9.89. The maximum Gasteiger partial charge on any atom is 0.270 e. The Morgan fingerprint density at radius 3 is 2.94 bits per heavy atom. The van der Waals surface area contributed by atoms with Gasteiger partial charge in [-0.2, -0.15) is 0 Å². The van der Waals surface area contributed by atoms with E-state index in [1.54, 1.807) is 6.07 Å². The number of rotatable bonds is 4. The lowest BCUT2D eigenvalue weighted by Gasteiger charge is -2.23. The molecular weight excluding hydrogens is 300 g/mol. The van der Waals surface area contributed by atoms with Crippen molar-refractivity contribution in [2.75, 3.05) is 13.2 Å². The summed E-state index contributed by atoms with van der Waals surface area (Å²) in [5.41, 5.74) is 0.0602. The average Bonchev–Trinajstić information content (AvgIpc) is 2.38. The monoisotopic (exact) mass is 314 g/mol. The van der Waals surface area contributed by atoms with E-state index < -0.39 is 4.92 Å². The molecule has 0 radical (unpaired) electrons. The molecule has 1 atom stereocenters. The lowest BCUT2D eigenvalue weighted by atomic mass is 10.1. The third-order valence-electron chi connectivity index (χ3n) is 2.98. The summed E-state index contributed by atoms with van der Waals surface area (Å²) in [7, 11) is 0. The Bertz CT molecular complexity index is 433. The summed E-state index contributed by atoms with van der Waals surface area (Å²) >= 11 is 3.29. The number of nitrogens with one attached hydrogen (secondary N) is 1. The molecule has 1 saturated heterocycles. The van der Waals surface area contributed by atoms with E-state index in [2.05, 4.69) is 21.2 Å². The van der Waals surface area contributed by atoms with Crippen molar-refractivity contribution in [1.29, 1.82) is 0 Å². The van der Waals surface area contributed by atoms with Crippen molar-refractivity contribution in [1.82, 2.24) is 5.32 Å². The van der Waals surface area contributed by atoms with Crippen LogP contribution in [0.2, 0.25) is 0 Å². The predicted molar refractivity (Wildman–Crippen MR) is 71.9 cm³/mol. The third kappa shape index (κ3) is 3.43. The first-order chi connectivity index (χ1) is 8.66. The first-order valence-corrected chi connectivity index (χ1v) is 6.76. The summed E-state index contributed by atoms with van der Waals surface area (Å²) in [6.07, 6.45) is 3.56. The Hall–Kier alpha value is -1.14. The van der Waals surface area contributed by atoms with Crippen LogP contribution in [0.1, 0.15) is 19.3 Å². The zero-order chi connectivity index (χ0) is 13.0. The van der Waals surface area contributed by atoms with E-state index in [1.807, 2.05) is 0 Å². The van der Waals surface area contributed by atoms with E-state index in [0.717, 1.165) is 13.0 Å². The largest absolute Gasteiger partial charge is 0.491 e. The minimum atomic E-state index is -0.419. The van der Waals surface area contributed by atoms with Gasteiger partial charge in [0.05, 0.1) is 9.40 Å². The molecule has 0 bridgehead atoms. The van der Waals surface area contributed by atoms with Gasteiger partial charge in [0, 0.05) is 18.2 Å². The van der Waals surface area contributed by atoms with Crippen LogP contribution in [0.5, 0.6) is 5.75 Å². The van der Waals surface area contributed by atoms with E-state index >= 15 is 0 Å². The maximum absolute atomic E-state index is 10.6. The lowest BCUT2D eigenvalue weighted by Crippen LogP contribution is -2.38. The fourth-order valence-electron chi connectivity index (χ4n) is 1.98. The molecule has 1 heterocycles. The molecule has 0 unspecified atom stereocenters. The molecule has 0 aromatic heterocycles. The van der Waals surface area contributed by atoms with Crippen LogP contribution in [0.25, 0.3) is 0 Å². The van der Waals surface area contributed by atoms with Gasteiger partial charge in [-0.1, -0.05) is 6.42 Å². The minimum absolute atomic E-state index is 0.0602. The number of nitrogens with zero attached hydrogens (tertiary/aromatic N) is 1. The van der Waals surface area contributed by atoms with E-state index in [1.165, 1.54) is 25.0 Å². The average molecular weight is 315 g/mol. The summed E-state index contributed by atoms with van der Waals surface area (Å²) < 4.78 is 6.30. The zero-order valence-corrected chi connectivity index (χ0v) is 11.5. The van der Waals surface area contributed by atoms with E-state index in [9.17, 15) is 10.1 Å². The van der Waals surface area contributed by atoms with Crippen molar-refractivity contribution in [3.05, 3.63) is 32.8 Å². The summed E-state index contributed by atoms with van der Waals surface area (Å²) in [5.74, 6) is 0.646. The molecule has 0 amide bonds. The molecule has 6 heteroatoms. The van der Waals surface area contributed by atoms with Gasteiger partial charge in [0.25, 0.3) is 5.69 Å². The van der Waals surface area contributed by atoms with Crippen LogP contribution in [-0.2, 0) is 0 Å². The Morgan fingerprint density at radius 1 is 1.50 bits per heavy atom. The van der Waals surface area contributed by atoms with Gasteiger partial charge in [-0.05, 0) is 41.4 Å². The van der Waals surface area contributed by atoms with E-state index in [0.29, 0.717) is 22.9 Å². The number of non-ortho nitro benzene ring substituents is 1. The summed E-state index contributed by atoms with van der Waals surface area (Å²) in [5, 5.41) is 14.0. The molecule has 98 valence electrons. The van der Waals surface area contributed by atoms with Crippen molar-refractivity contribution < 1.29 is 9.66 Å². The molecule has 1 aromatic rings. The van der Waals surface area contributed by atoms with Gasteiger partial charge < -0.3 is 10.1 Å². The topological polar surface area (TPSA) is 64.4 Å². The highest BCUT2D eigenvalue weighted by Crippen LogP contribution is 2.29. The molecule has 1 aliphatic rings. The van der Waals surface area contributed by atoms with Gasteiger partial charge in [0.2, 0.25) is 0 Å². The maximum atomic E-state index is 10.6. The standard InChI is InChI=1S/C12H15BrN2O3/c13-11-7-10(15(16)17)4-5-12(11)18-8-9-3-1-2-6-14-9/h4-5,7,9,14H,1-3,6,8H2/t9-/m0/s1. The molecule has 0 aliphatic carbocycles. The van der Waals surface area contributed by atoms with Gasteiger partial charge in [0.15, 0.2) is 0 Å². The van der Waals surface area contributed by atoms with Crippen molar-refractivity contribution >= 4 is 21.6 Å². The Kier molecular flexibility index (Phi) is 4.54. The molecule has 0 spiro atoms. The number of nitro groups is 1. The summed E-state index contributed by atoms with van der Waals surface area (Å²) in [6.45, 7) is 1.63. The minimum Gasteiger partial charge on any atom is -0.491 e. The second kappa shape index (κ2) is 6.15. The number of nitro benzene ring substituents is 1. The predicted octanol–water partition coefficient (Wildman–Crippen LogP) is 2.88. The Labute approximate surface area is 114 Å². The van der Waals surface area contributed by atoms with Crippen LogP contribution in [0.4, 0.5) is 5.69 Å². The SMILES string of the molecule is O=[N+]([O-])c1ccc(OC[C@@H]2CCCCN2)c(Br)c1. The van der Waals surface area contributed by atoms with E-state index in [-0.39, 0.29) is 5.69 Å². The lowest BCUT2D eigenvalue weighted by molar-refractivity contribution is -0.385. The second-order valence-corrected chi connectivity index (χ2v) is 5.18. The number of hydrogen-bond acceptors (Lipinski definition) is 4. The second-order valence-electron chi connectivity index (χ2n) is 4.33. The number of hydrogen-bond donors (Lipinski definition) is 1. The highest BCUT2D eigenvalue weighted by molar-refractivity contribution is 9.10. The van der Waals surface area contributed by atoms with Crippen molar-refractivity contribution in [2.45, 2.75) is 25.3 Å². The number of benzene rings is 1. The van der Waals surface area contributed by atoms with E-state index in [4.69, 9.17) is 4.74 Å². The van der Waals surface area contributed by atoms with Gasteiger partial charge in [-0.3, -0.25) is 10.1 Å². The summed E-state index contributed by atoms with van der Waals surface area (Å²) in [4.78, 5) is 10.2. The van der Waals surface area contributed by atoms with Gasteiger partial charge in [0.1, 0.15) is 12.4 Å². The van der Waals surface area contributed by atoms with Crippen LogP contribution < -0.4 is 10.1 Å². The van der Waals surface area contributed by atoms with Crippen molar-refractivity contribution in [2.24, 2.45) is 0 Å². The molecule has 1 fully saturated rings. The smallest absolute Gasteiger partial charge is 0.270 e. The summed E-state index contributed by atoms with van der Waals surface area (Å²) in [6, 6.07) is 4.92. The van der Waals surface area contributed by atoms with Crippen LogP contribution >= 0.6 is 15.9 Å². The molecule has 1 aromatic carbocycles. The quantitative estimate of drug-likeness (QED) is 0.685. The fourth-order valence-corrected chi connectivity index (χ4v) is 2.46. The Morgan fingerprint density at radius 2 is 2.33 bits per heavy atom. The highest BCUT2D eigenvalue weighted by atomic mass is 79.9. The van der Waals surface area contributed by atoms with Crippen LogP contribution in [-0.4, -0.2) is 24.1 Å². The highest BCUT2D eigenvalue weighted by Gasteiger charge is 2.15. The first kappa shape index (κ1) is 13.3. The number of piperidine rings is 1. The fraction of sp³-hybridized carbons (Fsp3) is 0.500.